The first-order valence-electron chi connectivity index (χ1n) is 8.34. The third-order valence-electron chi connectivity index (χ3n) is 4.65. The molecule has 7 heteroatoms. The molecular weight excluding hydrogens is 314 g/mol. The Kier molecular flexibility index (Phi) is 5.18. The fourth-order valence-corrected chi connectivity index (χ4v) is 3.88. The number of hydrogen-bond donors (Lipinski definition) is 2. The van der Waals surface area contributed by atoms with Gasteiger partial charge in [-0.05, 0) is 56.6 Å². The number of nitrogens with zero attached hydrogens (tertiary/aromatic N) is 1. The van der Waals surface area contributed by atoms with Crippen molar-refractivity contribution in [1.82, 2.24) is 9.71 Å². The summed E-state index contributed by atoms with van der Waals surface area (Å²) in [6.07, 6.45) is 5.76. The zero-order chi connectivity index (χ0) is 16.3. The lowest BCUT2D eigenvalue weighted by molar-refractivity contribution is 0.0622. The fraction of sp³-hybridized carbons (Fsp3) is 0.688. The van der Waals surface area contributed by atoms with Crippen LogP contribution in [0.25, 0.3) is 0 Å². The fourth-order valence-electron chi connectivity index (χ4n) is 2.82. The molecule has 0 amide bonds. The SMILES string of the molecule is CC(Nc1ccc(S(=O)(=O)NCC2CC2)cn1)C1CCOCC1. The summed E-state index contributed by atoms with van der Waals surface area (Å²) in [6.45, 7) is 4.30. The topological polar surface area (TPSA) is 80.3 Å². The van der Waals surface area contributed by atoms with Crippen molar-refractivity contribution < 1.29 is 13.2 Å². The second-order valence-electron chi connectivity index (χ2n) is 6.56. The molecule has 1 saturated carbocycles. The van der Waals surface area contributed by atoms with Crippen molar-refractivity contribution in [3.63, 3.8) is 0 Å². The van der Waals surface area contributed by atoms with Gasteiger partial charge in [0, 0.05) is 32.0 Å². The predicted octanol–water partition coefficient (Wildman–Crippen LogP) is 2.00. The Labute approximate surface area is 138 Å². The van der Waals surface area contributed by atoms with Crippen molar-refractivity contribution in [2.45, 2.75) is 43.5 Å². The van der Waals surface area contributed by atoms with Gasteiger partial charge in [-0.3, -0.25) is 0 Å². The lowest BCUT2D eigenvalue weighted by atomic mass is 9.93. The number of hydrogen-bond acceptors (Lipinski definition) is 5. The van der Waals surface area contributed by atoms with Gasteiger partial charge in [0.05, 0.1) is 0 Å². The Balaban J connectivity index is 1.57. The summed E-state index contributed by atoms with van der Waals surface area (Å²) in [4.78, 5) is 4.49. The van der Waals surface area contributed by atoms with Crippen LogP contribution in [0.2, 0.25) is 0 Å². The summed E-state index contributed by atoms with van der Waals surface area (Å²) in [5, 5.41) is 3.37. The van der Waals surface area contributed by atoms with E-state index in [1.54, 1.807) is 12.1 Å². The molecule has 1 saturated heterocycles. The van der Waals surface area contributed by atoms with Crippen LogP contribution in [0, 0.1) is 11.8 Å². The lowest BCUT2D eigenvalue weighted by Crippen LogP contribution is -2.31. The summed E-state index contributed by atoms with van der Waals surface area (Å²) in [5.41, 5.74) is 0. The van der Waals surface area contributed by atoms with Crippen LogP contribution >= 0.6 is 0 Å². The molecule has 2 N–H and O–H groups in total. The van der Waals surface area contributed by atoms with Crippen LogP contribution in [-0.4, -0.2) is 39.2 Å². The number of rotatable bonds is 7. The number of ether oxygens (including phenoxy) is 1. The van der Waals surface area contributed by atoms with Gasteiger partial charge in [0.15, 0.2) is 0 Å². The van der Waals surface area contributed by atoms with Gasteiger partial charge in [-0.15, -0.1) is 0 Å². The maximum absolute atomic E-state index is 12.2. The van der Waals surface area contributed by atoms with E-state index in [-0.39, 0.29) is 4.90 Å². The third-order valence-corrected chi connectivity index (χ3v) is 6.06. The molecule has 1 aromatic rings. The Morgan fingerprint density at radius 3 is 2.61 bits per heavy atom. The van der Waals surface area contributed by atoms with Gasteiger partial charge >= 0.3 is 0 Å². The largest absolute Gasteiger partial charge is 0.381 e. The summed E-state index contributed by atoms with van der Waals surface area (Å²) in [7, 11) is -3.44. The van der Waals surface area contributed by atoms with Crippen molar-refractivity contribution in [3.8, 4) is 0 Å². The van der Waals surface area contributed by atoms with Crippen molar-refractivity contribution >= 4 is 15.8 Å². The zero-order valence-electron chi connectivity index (χ0n) is 13.5. The van der Waals surface area contributed by atoms with Gasteiger partial charge in [0.25, 0.3) is 0 Å². The van der Waals surface area contributed by atoms with Crippen LogP contribution in [0.4, 0.5) is 5.82 Å². The average Bonchev–Trinajstić information content (AvgIpc) is 3.39. The van der Waals surface area contributed by atoms with Gasteiger partial charge in [0.1, 0.15) is 10.7 Å². The first-order valence-corrected chi connectivity index (χ1v) is 9.83. The highest BCUT2D eigenvalue weighted by Crippen LogP contribution is 2.28. The number of pyridine rings is 1. The van der Waals surface area contributed by atoms with Gasteiger partial charge < -0.3 is 10.1 Å². The number of aromatic nitrogens is 1. The van der Waals surface area contributed by atoms with Gasteiger partial charge in [-0.25, -0.2) is 18.1 Å². The first-order chi connectivity index (χ1) is 11.0. The van der Waals surface area contributed by atoms with E-state index in [2.05, 4.69) is 21.9 Å². The first kappa shape index (κ1) is 16.7. The number of nitrogens with one attached hydrogen (secondary N) is 2. The summed E-state index contributed by atoms with van der Waals surface area (Å²) in [5.74, 6) is 1.79. The van der Waals surface area contributed by atoms with Gasteiger partial charge in [-0.1, -0.05) is 0 Å². The van der Waals surface area contributed by atoms with E-state index in [9.17, 15) is 8.42 Å². The van der Waals surface area contributed by atoms with Crippen molar-refractivity contribution in [3.05, 3.63) is 18.3 Å². The molecule has 0 radical (unpaired) electrons. The number of sulfonamides is 1. The molecule has 23 heavy (non-hydrogen) atoms. The van der Waals surface area contributed by atoms with Crippen molar-refractivity contribution in [1.29, 1.82) is 0 Å². The molecule has 0 spiro atoms. The highest BCUT2D eigenvalue weighted by molar-refractivity contribution is 7.89. The van der Waals surface area contributed by atoms with Crippen LogP contribution < -0.4 is 10.0 Å². The Bertz CT molecular complexity index is 608. The molecule has 1 aliphatic heterocycles. The Morgan fingerprint density at radius 2 is 2.00 bits per heavy atom. The molecule has 1 unspecified atom stereocenters. The monoisotopic (exact) mass is 339 g/mol. The van der Waals surface area contributed by atoms with Gasteiger partial charge in [-0.2, -0.15) is 0 Å². The summed E-state index contributed by atoms with van der Waals surface area (Å²) >= 11 is 0. The van der Waals surface area contributed by atoms with Crippen molar-refractivity contribution in [2.24, 2.45) is 11.8 Å². The maximum atomic E-state index is 12.2. The van der Waals surface area contributed by atoms with Crippen LogP contribution in [0.3, 0.4) is 0 Å². The van der Waals surface area contributed by atoms with E-state index in [1.165, 1.54) is 6.20 Å². The molecule has 3 rings (SSSR count). The highest BCUT2D eigenvalue weighted by atomic mass is 32.2. The minimum atomic E-state index is -3.44. The normalized spacial score (nSPS) is 21.1. The smallest absolute Gasteiger partial charge is 0.242 e. The third kappa shape index (κ3) is 4.65. The quantitative estimate of drug-likeness (QED) is 0.794. The molecule has 6 nitrogen and oxygen atoms in total. The van der Waals surface area contributed by atoms with E-state index in [0.29, 0.717) is 30.2 Å². The Hall–Kier alpha value is -1.18. The van der Waals surface area contributed by atoms with E-state index in [0.717, 1.165) is 38.9 Å². The molecule has 1 aliphatic carbocycles. The lowest BCUT2D eigenvalue weighted by Gasteiger charge is -2.28. The van der Waals surface area contributed by atoms with E-state index < -0.39 is 10.0 Å². The van der Waals surface area contributed by atoms with Crippen LogP contribution in [-0.2, 0) is 14.8 Å². The van der Waals surface area contributed by atoms with Crippen LogP contribution in [0.5, 0.6) is 0 Å². The van der Waals surface area contributed by atoms with Crippen LogP contribution in [0.15, 0.2) is 23.2 Å². The van der Waals surface area contributed by atoms with Crippen molar-refractivity contribution in [2.75, 3.05) is 25.1 Å². The van der Waals surface area contributed by atoms with E-state index >= 15 is 0 Å². The zero-order valence-corrected chi connectivity index (χ0v) is 14.3. The average molecular weight is 339 g/mol. The summed E-state index contributed by atoms with van der Waals surface area (Å²) < 4.78 is 32.3. The second kappa shape index (κ2) is 7.15. The Morgan fingerprint density at radius 1 is 1.26 bits per heavy atom. The maximum Gasteiger partial charge on any atom is 0.242 e. The molecule has 2 heterocycles. The molecular formula is C16H25N3O3S. The molecule has 2 aliphatic rings. The summed E-state index contributed by atoms with van der Waals surface area (Å²) in [6, 6.07) is 3.64. The molecule has 128 valence electrons. The van der Waals surface area contributed by atoms with E-state index in [1.807, 2.05) is 0 Å². The number of anilines is 1. The minimum Gasteiger partial charge on any atom is -0.381 e. The second-order valence-corrected chi connectivity index (χ2v) is 8.32. The highest BCUT2D eigenvalue weighted by Gasteiger charge is 2.24. The molecule has 2 fully saturated rings. The molecule has 1 atom stereocenters. The predicted molar refractivity (Wildman–Crippen MR) is 88.8 cm³/mol. The van der Waals surface area contributed by atoms with E-state index in [4.69, 9.17) is 4.74 Å². The van der Waals surface area contributed by atoms with Crippen LogP contribution in [0.1, 0.15) is 32.6 Å². The standard InChI is InChI=1S/C16H25N3O3S/c1-12(14-6-8-22-9-7-14)19-16-5-4-15(11-17-16)23(20,21)18-10-13-2-3-13/h4-5,11-14,18H,2-3,6-10H2,1H3,(H,17,19). The molecule has 0 aromatic carbocycles. The minimum absolute atomic E-state index is 0.224. The molecule has 0 bridgehead atoms. The molecule has 1 aromatic heterocycles. The van der Waals surface area contributed by atoms with Gasteiger partial charge in [0.2, 0.25) is 10.0 Å².